The second kappa shape index (κ2) is 10.1. The summed E-state index contributed by atoms with van der Waals surface area (Å²) in [6.07, 6.45) is 7.54. The van der Waals surface area contributed by atoms with Gasteiger partial charge in [-0.3, -0.25) is 0 Å². The van der Waals surface area contributed by atoms with Crippen molar-refractivity contribution in [3.05, 3.63) is 53.1 Å². The molecule has 1 aliphatic heterocycles. The van der Waals surface area contributed by atoms with E-state index in [-0.39, 0.29) is 0 Å². The predicted octanol–water partition coefficient (Wildman–Crippen LogP) is 5.29. The highest BCUT2D eigenvalue weighted by molar-refractivity contribution is 5.84. The molecule has 164 valence electrons. The third kappa shape index (κ3) is 4.84. The largest absolute Gasteiger partial charge is 0.497 e. The highest BCUT2D eigenvalue weighted by Gasteiger charge is 2.29. The second-order valence-electron chi connectivity index (χ2n) is 8.13. The Morgan fingerprint density at radius 2 is 2.10 bits per heavy atom. The molecular formula is C25H36N2O3. The van der Waals surface area contributed by atoms with Crippen molar-refractivity contribution in [2.24, 2.45) is 5.92 Å². The molecule has 0 amide bonds. The van der Waals surface area contributed by atoms with Crippen molar-refractivity contribution in [2.75, 3.05) is 34.4 Å². The molecule has 1 saturated heterocycles. The summed E-state index contributed by atoms with van der Waals surface area (Å²) in [5.41, 5.74) is 3.96. The summed E-state index contributed by atoms with van der Waals surface area (Å²) < 4.78 is 16.7. The van der Waals surface area contributed by atoms with Gasteiger partial charge in [0.15, 0.2) is 5.76 Å². The van der Waals surface area contributed by atoms with Crippen molar-refractivity contribution < 1.29 is 14.2 Å². The molecule has 1 aromatic heterocycles. The van der Waals surface area contributed by atoms with Crippen LogP contribution in [0.5, 0.6) is 5.75 Å². The first-order valence-electron chi connectivity index (χ1n) is 10.9. The number of aromatic nitrogens is 1. The van der Waals surface area contributed by atoms with E-state index in [4.69, 9.17) is 14.2 Å². The Hall–Kier alpha value is -2.40. The average molecular weight is 413 g/mol. The number of nitrogens with zero attached hydrogens (tertiary/aromatic N) is 1. The van der Waals surface area contributed by atoms with Crippen LogP contribution in [0.25, 0.3) is 10.9 Å². The summed E-state index contributed by atoms with van der Waals surface area (Å²) in [5.74, 6) is 3.05. The van der Waals surface area contributed by atoms with E-state index in [2.05, 4.69) is 48.3 Å². The number of ether oxygens (including phenoxy) is 3. The number of hydrogen-bond acceptors (Lipinski definition) is 4. The number of aromatic amines is 1. The number of piperidine rings is 1. The second-order valence-corrected chi connectivity index (χ2v) is 8.13. The zero-order valence-corrected chi connectivity index (χ0v) is 19.2. The fourth-order valence-electron chi connectivity index (χ4n) is 4.56. The number of aryl methyl sites for hydroxylation is 1. The molecule has 2 aromatic rings. The normalized spacial score (nSPS) is 22.3. The van der Waals surface area contributed by atoms with E-state index in [9.17, 15) is 0 Å². The van der Waals surface area contributed by atoms with Gasteiger partial charge in [-0.05, 0) is 75.9 Å². The molecule has 5 nitrogen and oxygen atoms in total. The summed E-state index contributed by atoms with van der Waals surface area (Å²) in [4.78, 5) is 5.90. The SMILES string of the molecule is CCO/C(C)=C(/C=C1/CCN(C)C(CCc2c[nH]c3ccc(OC)cc23)C1C)OC. The number of likely N-dealkylation sites (tertiary alicyclic amines) is 1. The Morgan fingerprint density at radius 1 is 1.30 bits per heavy atom. The number of rotatable bonds is 8. The summed E-state index contributed by atoms with van der Waals surface area (Å²) in [6, 6.07) is 6.72. The number of fused-ring (bicyclic) bond motifs is 1. The van der Waals surface area contributed by atoms with Gasteiger partial charge in [0.2, 0.25) is 0 Å². The topological polar surface area (TPSA) is 46.7 Å². The Kier molecular flexibility index (Phi) is 7.48. The lowest BCUT2D eigenvalue weighted by atomic mass is 9.83. The summed E-state index contributed by atoms with van der Waals surface area (Å²) in [7, 11) is 5.68. The fourth-order valence-corrected chi connectivity index (χ4v) is 4.56. The minimum absolute atomic E-state index is 0.461. The standard InChI is InChI=1S/C25H36N2O3/c1-7-30-18(3)25(29-6)14-19-12-13-27(4)24(17(19)2)11-8-20-16-26-23-10-9-21(28-5)15-22(20)23/h9-10,14-17,24,26H,7-8,11-13H2,1-6H3/b19-14-,25-18-. The maximum Gasteiger partial charge on any atom is 0.156 e. The van der Waals surface area contributed by atoms with Crippen LogP contribution in [0.2, 0.25) is 0 Å². The zero-order chi connectivity index (χ0) is 21.7. The summed E-state index contributed by atoms with van der Waals surface area (Å²) in [5, 5.41) is 1.26. The van der Waals surface area contributed by atoms with Crippen LogP contribution in [0.15, 0.2) is 47.6 Å². The maximum absolute atomic E-state index is 5.66. The van der Waals surface area contributed by atoms with E-state index < -0.39 is 0 Å². The Labute approximate surface area is 180 Å². The number of allylic oxidation sites excluding steroid dienone is 2. The predicted molar refractivity (Wildman–Crippen MR) is 123 cm³/mol. The van der Waals surface area contributed by atoms with Crippen LogP contribution in [0.4, 0.5) is 0 Å². The molecule has 0 saturated carbocycles. The van der Waals surface area contributed by atoms with E-state index in [0.29, 0.717) is 18.6 Å². The smallest absolute Gasteiger partial charge is 0.156 e. The van der Waals surface area contributed by atoms with Crippen LogP contribution in [0.3, 0.4) is 0 Å². The molecule has 2 heterocycles. The van der Waals surface area contributed by atoms with E-state index in [1.54, 1.807) is 14.2 Å². The lowest BCUT2D eigenvalue weighted by Gasteiger charge is -2.39. The molecule has 1 aromatic carbocycles. The van der Waals surface area contributed by atoms with E-state index >= 15 is 0 Å². The zero-order valence-electron chi connectivity index (χ0n) is 19.2. The van der Waals surface area contributed by atoms with E-state index in [0.717, 1.165) is 48.6 Å². The third-order valence-corrected chi connectivity index (χ3v) is 6.41. The van der Waals surface area contributed by atoms with Gasteiger partial charge in [-0.2, -0.15) is 0 Å². The molecule has 1 fully saturated rings. The molecule has 0 aliphatic carbocycles. The number of benzene rings is 1. The molecule has 3 rings (SSSR count). The van der Waals surface area contributed by atoms with Crippen molar-refractivity contribution in [1.29, 1.82) is 0 Å². The molecule has 1 aliphatic rings. The maximum atomic E-state index is 5.66. The van der Waals surface area contributed by atoms with Crippen molar-refractivity contribution in [3.63, 3.8) is 0 Å². The number of H-pyrrole nitrogens is 1. The van der Waals surface area contributed by atoms with Crippen LogP contribution in [-0.4, -0.2) is 50.3 Å². The van der Waals surface area contributed by atoms with Crippen LogP contribution < -0.4 is 4.74 Å². The lowest BCUT2D eigenvalue weighted by Crippen LogP contribution is -2.43. The van der Waals surface area contributed by atoms with Crippen molar-refractivity contribution in [2.45, 2.75) is 46.1 Å². The van der Waals surface area contributed by atoms with E-state index in [1.807, 2.05) is 19.9 Å². The van der Waals surface area contributed by atoms with Crippen molar-refractivity contribution in [1.82, 2.24) is 9.88 Å². The van der Waals surface area contributed by atoms with Crippen LogP contribution in [0, 0.1) is 5.92 Å². The Morgan fingerprint density at radius 3 is 2.80 bits per heavy atom. The molecular weight excluding hydrogens is 376 g/mol. The monoisotopic (exact) mass is 412 g/mol. The molecule has 2 unspecified atom stereocenters. The highest BCUT2D eigenvalue weighted by Crippen LogP contribution is 2.33. The van der Waals surface area contributed by atoms with Gasteiger partial charge < -0.3 is 24.1 Å². The molecule has 0 spiro atoms. The van der Waals surface area contributed by atoms with E-state index in [1.165, 1.54) is 16.5 Å². The number of methoxy groups -OCH3 is 2. The third-order valence-electron chi connectivity index (χ3n) is 6.41. The summed E-state index contributed by atoms with van der Waals surface area (Å²) >= 11 is 0. The van der Waals surface area contributed by atoms with Gasteiger partial charge >= 0.3 is 0 Å². The molecule has 0 radical (unpaired) electrons. The van der Waals surface area contributed by atoms with Crippen molar-refractivity contribution >= 4 is 10.9 Å². The number of hydrogen-bond donors (Lipinski definition) is 1. The van der Waals surface area contributed by atoms with Gasteiger partial charge in [0.05, 0.1) is 20.8 Å². The molecule has 30 heavy (non-hydrogen) atoms. The first-order chi connectivity index (χ1) is 14.5. The van der Waals surface area contributed by atoms with Gasteiger partial charge in [-0.25, -0.2) is 0 Å². The minimum Gasteiger partial charge on any atom is -0.497 e. The first kappa shape index (κ1) is 22.3. The molecule has 1 N–H and O–H groups in total. The first-order valence-corrected chi connectivity index (χ1v) is 10.9. The number of nitrogens with one attached hydrogen (secondary N) is 1. The van der Waals surface area contributed by atoms with Crippen LogP contribution in [0.1, 0.15) is 39.2 Å². The Balaban J connectivity index is 1.77. The van der Waals surface area contributed by atoms with Gasteiger partial charge in [0.1, 0.15) is 11.5 Å². The molecule has 5 heteroatoms. The van der Waals surface area contributed by atoms with Gasteiger partial charge in [-0.1, -0.05) is 12.5 Å². The van der Waals surface area contributed by atoms with Gasteiger partial charge in [0.25, 0.3) is 0 Å². The van der Waals surface area contributed by atoms with Gasteiger partial charge in [0, 0.05) is 29.7 Å². The minimum atomic E-state index is 0.461. The van der Waals surface area contributed by atoms with Crippen molar-refractivity contribution in [3.8, 4) is 5.75 Å². The fraction of sp³-hybridized carbons (Fsp3) is 0.520. The Bertz CT molecular complexity index is 912. The van der Waals surface area contributed by atoms with Crippen LogP contribution >= 0.6 is 0 Å². The van der Waals surface area contributed by atoms with Crippen LogP contribution in [-0.2, 0) is 15.9 Å². The molecule has 0 bridgehead atoms. The summed E-state index contributed by atoms with van der Waals surface area (Å²) in [6.45, 7) is 8.03. The average Bonchev–Trinajstić information content (AvgIpc) is 3.15. The quantitative estimate of drug-likeness (QED) is 0.599. The van der Waals surface area contributed by atoms with Gasteiger partial charge in [-0.15, -0.1) is 0 Å². The molecule has 2 atom stereocenters. The lowest BCUT2D eigenvalue weighted by molar-refractivity contribution is 0.158. The highest BCUT2D eigenvalue weighted by atomic mass is 16.5.